The quantitative estimate of drug-likeness (QED) is 0.598. The number of aryl methyl sites for hydroxylation is 1. The molecule has 1 aliphatic heterocycles. The Morgan fingerprint density at radius 2 is 1.97 bits per heavy atom. The molecule has 0 bridgehead atoms. The number of dihydropyridines is 1. The molecular formula is C25H33FN4O4. The van der Waals surface area contributed by atoms with E-state index in [0.717, 1.165) is 37.8 Å². The minimum Gasteiger partial charge on any atom is -0.488 e. The van der Waals surface area contributed by atoms with Gasteiger partial charge in [0.05, 0.1) is 23.7 Å². The number of rotatable bonds is 8. The molecule has 8 nitrogen and oxygen atoms in total. The molecule has 1 fully saturated rings. The van der Waals surface area contributed by atoms with E-state index in [0.29, 0.717) is 24.2 Å². The van der Waals surface area contributed by atoms with Gasteiger partial charge < -0.3 is 14.8 Å². The Kier molecular flexibility index (Phi) is 7.50. The Bertz CT molecular complexity index is 1160. The molecule has 2 aliphatic rings. The van der Waals surface area contributed by atoms with Crippen LogP contribution in [0.1, 0.15) is 39.0 Å². The van der Waals surface area contributed by atoms with Crippen LogP contribution in [0.15, 0.2) is 33.7 Å². The summed E-state index contributed by atoms with van der Waals surface area (Å²) < 4.78 is 28.1. The van der Waals surface area contributed by atoms with Crippen LogP contribution in [0.25, 0.3) is 11.0 Å². The Morgan fingerprint density at radius 1 is 1.21 bits per heavy atom. The molecule has 1 aliphatic carbocycles. The number of aliphatic imine (C=N–C) groups is 1. The van der Waals surface area contributed by atoms with E-state index >= 15 is 0 Å². The third-order valence-corrected chi connectivity index (χ3v) is 6.82. The van der Waals surface area contributed by atoms with Gasteiger partial charge in [0.2, 0.25) is 5.91 Å². The lowest BCUT2D eigenvalue weighted by atomic mass is 9.81. The molecule has 0 saturated heterocycles. The monoisotopic (exact) mass is 472 g/mol. The van der Waals surface area contributed by atoms with Crippen LogP contribution in [0, 0.1) is 17.7 Å². The lowest BCUT2D eigenvalue weighted by Gasteiger charge is -2.28. The summed E-state index contributed by atoms with van der Waals surface area (Å²) in [5.74, 6) is -0.0677. The summed E-state index contributed by atoms with van der Waals surface area (Å²) in [4.78, 5) is 30.0. The van der Waals surface area contributed by atoms with Crippen molar-refractivity contribution in [3.8, 4) is 5.75 Å². The highest BCUT2D eigenvalue weighted by atomic mass is 19.1. The van der Waals surface area contributed by atoms with Gasteiger partial charge in [-0.2, -0.15) is 0 Å². The molecule has 1 aromatic carbocycles. The van der Waals surface area contributed by atoms with Crippen molar-refractivity contribution in [2.75, 3.05) is 20.3 Å². The number of amides is 1. The normalized spacial score (nSPS) is 22.6. The Hall–Kier alpha value is -2.94. The molecule has 4 rings (SSSR count). The van der Waals surface area contributed by atoms with Crippen molar-refractivity contribution in [2.24, 2.45) is 23.9 Å². The van der Waals surface area contributed by atoms with Crippen molar-refractivity contribution in [3.63, 3.8) is 0 Å². The number of hydrogen-bond donors (Lipinski definition) is 1. The number of carbonyl (C=O) groups excluding carboxylic acids is 1. The van der Waals surface area contributed by atoms with E-state index in [1.807, 2.05) is 13.0 Å². The van der Waals surface area contributed by atoms with E-state index in [1.54, 1.807) is 31.0 Å². The number of aromatic nitrogens is 2. The van der Waals surface area contributed by atoms with Gasteiger partial charge in [-0.05, 0) is 44.6 Å². The summed E-state index contributed by atoms with van der Waals surface area (Å²) in [7, 11) is 3.21. The highest BCUT2D eigenvalue weighted by Crippen LogP contribution is 2.32. The maximum atomic E-state index is 14.5. The zero-order valence-electron chi connectivity index (χ0n) is 20.1. The van der Waals surface area contributed by atoms with Crippen molar-refractivity contribution in [2.45, 2.75) is 51.6 Å². The van der Waals surface area contributed by atoms with Crippen LogP contribution in [-0.2, 0) is 23.1 Å². The van der Waals surface area contributed by atoms with Crippen molar-refractivity contribution in [1.29, 1.82) is 0 Å². The smallest absolute Gasteiger partial charge is 0.328 e. The molecule has 2 aromatic rings. The van der Waals surface area contributed by atoms with E-state index < -0.39 is 5.82 Å². The van der Waals surface area contributed by atoms with E-state index in [-0.39, 0.29) is 41.8 Å². The number of carbonyl (C=O) groups is 1. The number of ether oxygens (including phenoxy) is 2. The van der Waals surface area contributed by atoms with Crippen LogP contribution < -0.4 is 15.7 Å². The molecule has 184 valence electrons. The molecule has 1 N–H and O–H groups in total. The molecule has 1 atom stereocenters. The van der Waals surface area contributed by atoms with Crippen molar-refractivity contribution in [3.05, 3.63) is 40.2 Å². The highest BCUT2D eigenvalue weighted by molar-refractivity contribution is 5.82. The number of fused-ring (bicyclic) bond motifs is 1. The number of halogens is 1. The first kappa shape index (κ1) is 24.2. The van der Waals surface area contributed by atoms with Crippen molar-refractivity contribution < 1.29 is 18.7 Å². The summed E-state index contributed by atoms with van der Waals surface area (Å²) >= 11 is 0. The maximum Gasteiger partial charge on any atom is 0.328 e. The molecule has 9 heteroatoms. The molecule has 1 unspecified atom stereocenters. The minimum atomic E-state index is -0.503. The largest absolute Gasteiger partial charge is 0.488 e. The van der Waals surface area contributed by atoms with Gasteiger partial charge >= 0.3 is 5.69 Å². The van der Waals surface area contributed by atoms with Gasteiger partial charge in [0.25, 0.3) is 0 Å². The highest BCUT2D eigenvalue weighted by Gasteiger charge is 2.28. The van der Waals surface area contributed by atoms with Crippen LogP contribution in [0.2, 0.25) is 0 Å². The van der Waals surface area contributed by atoms with Crippen molar-refractivity contribution in [1.82, 2.24) is 14.5 Å². The third kappa shape index (κ3) is 5.24. The van der Waals surface area contributed by atoms with Gasteiger partial charge in [-0.25, -0.2) is 9.18 Å². The number of imidazole rings is 1. The number of hydrogen-bond acceptors (Lipinski definition) is 5. The van der Waals surface area contributed by atoms with Crippen LogP contribution in [-0.4, -0.2) is 47.6 Å². The lowest BCUT2D eigenvalue weighted by Crippen LogP contribution is -2.35. The second kappa shape index (κ2) is 10.5. The molecule has 0 radical (unpaired) electrons. The fraction of sp³-hybridized carbons (Fsp3) is 0.560. The fourth-order valence-corrected chi connectivity index (χ4v) is 4.86. The number of allylic oxidation sites excluding steroid dienone is 1. The average molecular weight is 473 g/mol. The molecule has 1 saturated carbocycles. The summed E-state index contributed by atoms with van der Waals surface area (Å²) in [6.45, 7) is 3.14. The Balaban J connectivity index is 1.42. The molecule has 1 aromatic heterocycles. The summed E-state index contributed by atoms with van der Waals surface area (Å²) in [6, 6.07) is 3.14. The zero-order valence-corrected chi connectivity index (χ0v) is 20.1. The zero-order chi connectivity index (χ0) is 24.2. The SMILES string of the molecule is COCCOc1cc2c(cc1F)n(C)c(=O)n2CC1CCC(C(=O)NC2=CC=NC(C)C2)CC1. The average Bonchev–Trinajstić information content (AvgIpc) is 3.04. The Morgan fingerprint density at radius 3 is 2.68 bits per heavy atom. The van der Waals surface area contributed by atoms with E-state index in [4.69, 9.17) is 9.47 Å². The molecule has 2 heterocycles. The lowest BCUT2D eigenvalue weighted by molar-refractivity contribution is -0.125. The third-order valence-electron chi connectivity index (χ3n) is 6.82. The summed E-state index contributed by atoms with van der Waals surface area (Å²) in [6.07, 6.45) is 7.65. The summed E-state index contributed by atoms with van der Waals surface area (Å²) in [5, 5.41) is 3.07. The van der Waals surface area contributed by atoms with E-state index in [9.17, 15) is 14.0 Å². The van der Waals surface area contributed by atoms with Gasteiger partial charge in [0.1, 0.15) is 6.61 Å². The molecule has 1 amide bonds. The second-order valence-electron chi connectivity index (χ2n) is 9.31. The van der Waals surface area contributed by atoms with Crippen LogP contribution in [0.4, 0.5) is 4.39 Å². The minimum absolute atomic E-state index is 0.0227. The number of methoxy groups -OCH3 is 1. The van der Waals surface area contributed by atoms with Gasteiger partial charge in [-0.15, -0.1) is 0 Å². The number of benzene rings is 1. The topological polar surface area (TPSA) is 86.8 Å². The number of nitrogens with one attached hydrogen (secondary N) is 1. The fourth-order valence-electron chi connectivity index (χ4n) is 4.86. The van der Waals surface area contributed by atoms with E-state index in [1.165, 1.54) is 10.6 Å². The first-order valence-electron chi connectivity index (χ1n) is 11.9. The van der Waals surface area contributed by atoms with Crippen LogP contribution in [0.3, 0.4) is 0 Å². The standard InChI is InChI=1S/C25H33FN4O4/c1-16-12-19(8-9-27-16)28-24(31)18-6-4-17(5-7-18)15-30-22-14-23(34-11-10-33-3)20(26)13-21(22)29(2)25(30)32/h8-9,13-14,16-18H,4-7,10-12,15H2,1-3H3,(H,28,31). The first-order chi connectivity index (χ1) is 16.4. The summed E-state index contributed by atoms with van der Waals surface area (Å²) in [5.41, 5.74) is 1.94. The van der Waals surface area contributed by atoms with Gasteiger partial charge in [0.15, 0.2) is 11.6 Å². The second-order valence-corrected chi connectivity index (χ2v) is 9.31. The first-order valence-corrected chi connectivity index (χ1v) is 11.9. The van der Waals surface area contributed by atoms with Crippen molar-refractivity contribution >= 4 is 23.2 Å². The van der Waals surface area contributed by atoms with Gasteiger partial charge in [-0.3, -0.25) is 18.9 Å². The van der Waals surface area contributed by atoms with Gasteiger partial charge in [-0.1, -0.05) is 0 Å². The van der Waals surface area contributed by atoms with E-state index in [2.05, 4.69) is 10.3 Å². The van der Waals surface area contributed by atoms with Gasteiger partial charge in [0, 0.05) is 57.1 Å². The predicted octanol–water partition coefficient (Wildman–Crippen LogP) is 3.17. The van der Waals surface area contributed by atoms with Crippen LogP contribution in [0.5, 0.6) is 5.75 Å². The van der Waals surface area contributed by atoms with Crippen LogP contribution >= 0.6 is 0 Å². The molecule has 0 spiro atoms. The number of nitrogens with zero attached hydrogens (tertiary/aromatic N) is 3. The predicted molar refractivity (Wildman–Crippen MR) is 129 cm³/mol. The maximum absolute atomic E-state index is 14.5. The molecule has 34 heavy (non-hydrogen) atoms. The molecular weight excluding hydrogens is 439 g/mol. The Labute approximate surface area is 198 Å².